The predicted molar refractivity (Wildman–Crippen MR) is 123 cm³/mol. The van der Waals surface area contributed by atoms with Gasteiger partial charge in [-0.05, 0) is 36.2 Å². The molecule has 34 heavy (non-hydrogen) atoms. The third-order valence-corrected chi connectivity index (χ3v) is 6.23. The molecule has 1 aromatic heterocycles. The van der Waals surface area contributed by atoms with Crippen molar-refractivity contribution in [2.75, 3.05) is 39.3 Å². The minimum absolute atomic E-state index is 0.740. The number of carboxylic acids is 1. The highest BCUT2D eigenvalue weighted by Crippen LogP contribution is 2.21. The van der Waals surface area contributed by atoms with Crippen LogP contribution in [-0.2, 0) is 11.3 Å². The van der Waals surface area contributed by atoms with Gasteiger partial charge < -0.3 is 10.4 Å². The number of aliphatic carboxylic acids is 1. The monoisotopic (exact) mass is 475 g/mol. The summed E-state index contributed by atoms with van der Waals surface area (Å²) in [6.07, 6.45) is -1.86. The van der Waals surface area contributed by atoms with Gasteiger partial charge in [0.2, 0.25) is 0 Å². The van der Waals surface area contributed by atoms with E-state index in [1.165, 1.54) is 43.9 Å². The van der Waals surface area contributed by atoms with Crippen molar-refractivity contribution in [3.63, 3.8) is 0 Å². The maximum absolute atomic E-state index is 10.6. The number of piperazine rings is 1. The van der Waals surface area contributed by atoms with Gasteiger partial charge in [0, 0.05) is 57.5 Å². The molecule has 5 rings (SSSR count). The van der Waals surface area contributed by atoms with E-state index < -0.39 is 12.1 Å². The van der Waals surface area contributed by atoms with Gasteiger partial charge >= 0.3 is 12.1 Å². The van der Waals surface area contributed by atoms with Gasteiger partial charge in [0.05, 0.1) is 11.0 Å². The van der Waals surface area contributed by atoms with Crippen molar-refractivity contribution >= 4 is 17.0 Å². The molecule has 0 amide bonds. The van der Waals surface area contributed by atoms with Crippen LogP contribution in [0.5, 0.6) is 0 Å². The molecule has 1 unspecified atom stereocenters. The van der Waals surface area contributed by atoms with Crippen LogP contribution >= 0.6 is 0 Å². The van der Waals surface area contributed by atoms with Crippen LogP contribution in [0.3, 0.4) is 0 Å². The van der Waals surface area contributed by atoms with Crippen LogP contribution in [0, 0.1) is 0 Å². The number of halogens is 3. The predicted octanol–water partition coefficient (Wildman–Crippen LogP) is 3.14. The molecule has 0 spiro atoms. The van der Waals surface area contributed by atoms with E-state index in [-0.39, 0.29) is 0 Å². The second-order valence-corrected chi connectivity index (χ2v) is 8.54. The first-order valence-electron chi connectivity index (χ1n) is 11.3. The molecule has 10 heteroatoms. The van der Waals surface area contributed by atoms with Gasteiger partial charge in [-0.15, -0.1) is 0 Å². The number of hydrogen-bond acceptors (Lipinski definition) is 5. The number of para-hydroxylation sites is 2. The molecule has 0 aliphatic carbocycles. The van der Waals surface area contributed by atoms with Crippen LogP contribution in [-0.4, -0.2) is 81.9 Å². The molecular formula is C24H28F3N5O2. The molecule has 2 saturated heterocycles. The number of nitrogens with zero attached hydrogens (tertiary/aromatic N) is 4. The lowest BCUT2D eigenvalue weighted by molar-refractivity contribution is -0.192. The third kappa shape index (κ3) is 5.94. The first kappa shape index (κ1) is 24.2. The highest BCUT2D eigenvalue weighted by atomic mass is 19.4. The number of benzene rings is 2. The maximum atomic E-state index is 10.6. The number of aromatic nitrogens is 2. The van der Waals surface area contributed by atoms with E-state index >= 15 is 0 Å². The zero-order chi connectivity index (χ0) is 24.1. The summed E-state index contributed by atoms with van der Waals surface area (Å²) < 4.78 is 33.9. The highest BCUT2D eigenvalue weighted by molar-refractivity contribution is 5.77. The molecule has 2 aliphatic rings. The van der Waals surface area contributed by atoms with Crippen molar-refractivity contribution in [3.05, 3.63) is 60.4 Å². The fourth-order valence-corrected chi connectivity index (χ4v) is 4.49. The molecule has 3 aromatic rings. The van der Waals surface area contributed by atoms with Gasteiger partial charge in [0.25, 0.3) is 0 Å². The van der Waals surface area contributed by atoms with Crippen LogP contribution in [0.15, 0.2) is 54.9 Å². The topological polar surface area (TPSA) is 73.6 Å². The van der Waals surface area contributed by atoms with Crippen LogP contribution in [0.1, 0.15) is 12.0 Å². The number of likely N-dealkylation sites (tertiary alicyclic amines) is 1. The molecule has 0 bridgehead atoms. The molecule has 2 aliphatic heterocycles. The Bertz CT molecular complexity index is 1090. The van der Waals surface area contributed by atoms with Crippen LogP contribution in [0.4, 0.5) is 13.2 Å². The average Bonchev–Trinajstić information content (AvgIpc) is 3.47. The van der Waals surface area contributed by atoms with Crippen LogP contribution < -0.4 is 5.32 Å². The van der Waals surface area contributed by atoms with E-state index in [2.05, 4.69) is 67.1 Å². The number of rotatable bonds is 4. The number of fused-ring (bicyclic) bond motifs is 1. The molecular weight excluding hydrogens is 447 g/mol. The van der Waals surface area contributed by atoms with Gasteiger partial charge in [0.1, 0.15) is 6.33 Å². The van der Waals surface area contributed by atoms with E-state index in [0.717, 1.165) is 36.7 Å². The van der Waals surface area contributed by atoms with Gasteiger partial charge in [0.15, 0.2) is 0 Å². The molecule has 2 aromatic carbocycles. The Morgan fingerprint density at radius 1 is 1.06 bits per heavy atom. The van der Waals surface area contributed by atoms with Gasteiger partial charge in [-0.25, -0.2) is 9.78 Å². The highest BCUT2D eigenvalue weighted by Gasteiger charge is 2.38. The lowest BCUT2D eigenvalue weighted by atomic mass is 10.2. The van der Waals surface area contributed by atoms with Crippen molar-refractivity contribution in [2.24, 2.45) is 0 Å². The number of alkyl halides is 3. The largest absolute Gasteiger partial charge is 0.490 e. The Balaban J connectivity index is 0.000000344. The summed E-state index contributed by atoms with van der Waals surface area (Å²) in [5.74, 6) is -2.76. The summed E-state index contributed by atoms with van der Waals surface area (Å²) in [7, 11) is 0. The summed E-state index contributed by atoms with van der Waals surface area (Å²) in [6.45, 7) is 8.14. The summed E-state index contributed by atoms with van der Waals surface area (Å²) >= 11 is 0. The maximum Gasteiger partial charge on any atom is 0.490 e. The summed E-state index contributed by atoms with van der Waals surface area (Å²) in [5.41, 5.74) is 4.76. The SMILES string of the molecule is O=C(O)C(F)(F)F.c1ccc2c(c1)ncn2-c1ccc(CN2CCC(N3CCNCC3)C2)cc1. The molecule has 2 N–H and O–H groups in total. The molecule has 182 valence electrons. The van der Waals surface area contributed by atoms with E-state index in [0.29, 0.717) is 0 Å². The minimum Gasteiger partial charge on any atom is -0.475 e. The van der Waals surface area contributed by atoms with Crippen molar-refractivity contribution in [3.8, 4) is 5.69 Å². The van der Waals surface area contributed by atoms with E-state index in [1.807, 2.05) is 12.4 Å². The number of imidazole rings is 1. The summed E-state index contributed by atoms with van der Waals surface area (Å²) in [6, 6.07) is 18.0. The fraction of sp³-hybridized carbons (Fsp3) is 0.417. The zero-order valence-electron chi connectivity index (χ0n) is 18.7. The lowest BCUT2D eigenvalue weighted by Gasteiger charge is -2.32. The van der Waals surface area contributed by atoms with Gasteiger partial charge in [-0.2, -0.15) is 13.2 Å². The van der Waals surface area contributed by atoms with E-state index in [4.69, 9.17) is 9.90 Å². The molecule has 0 radical (unpaired) electrons. The first-order valence-corrected chi connectivity index (χ1v) is 11.3. The number of nitrogens with one attached hydrogen (secondary N) is 1. The van der Waals surface area contributed by atoms with Crippen molar-refractivity contribution < 1.29 is 23.1 Å². The van der Waals surface area contributed by atoms with E-state index in [1.54, 1.807) is 0 Å². The molecule has 2 fully saturated rings. The second kappa shape index (κ2) is 10.5. The molecule has 0 saturated carbocycles. The van der Waals surface area contributed by atoms with Crippen LogP contribution in [0.25, 0.3) is 16.7 Å². The van der Waals surface area contributed by atoms with Gasteiger partial charge in [-0.3, -0.25) is 14.4 Å². The average molecular weight is 476 g/mol. The quantitative estimate of drug-likeness (QED) is 0.604. The normalized spacial score (nSPS) is 19.7. The fourth-order valence-electron chi connectivity index (χ4n) is 4.49. The van der Waals surface area contributed by atoms with Crippen molar-refractivity contribution in [2.45, 2.75) is 25.2 Å². The number of hydrogen-bond donors (Lipinski definition) is 2. The second-order valence-electron chi connectivity index (χ2n) is 8.54. The van der Waals surface area contributed by atoms with E-state index in [9.17, 15) is 13.2 Å². The Hall–Kier alpha value is -2.95. The lowest BCUT2D eigenvalue weighted by Crippen LogP contribution is -2.49. The standard InChI is InChI=1S/C22H27N5.C2HF3O2/c1-2-4-22-21(3-1)24-17-27(22)19-7-5-18(6-8-19)15-25-12-9-20(16-25)26-13-10-23-11-14-26;3-2(4,5)1(6)7/h1-8,17,20,23H,9-16H2;(H,6,7). The Morgan fingerprint density at radius 3 is 2.41 bits per heavy atom. The first-order chi connectivity index (χ1) is 16.3. The van der Waals surface area contributed by atoms with Crippen molar-refractivity contribution in [1.82, 2.24) is 24.7 Å². The Kier molecular flexibility index (Phi) is 7.50. The van der Waals surface area contributed by atoms with Crippen molar-refractivity contribution in [1.29, 1.82) is 0 Å². The van der Waals surface area contributed by atoms with Crippen LogP contribution in [0.2, 0.25) is 0 Å². The number of carbonyl (C=O) groups is 1. The Labute approximate surface area is 195 Å². The summed E-state index contributed by atoms with van der Waals surface area (Å²) in [5, 5.41) is 10.6. The van der Waals surface area contributed by atoms with Gasteiger partial charge in [-0.1, -0.05) is 24.3 Å². The third-order valence-electron chi connectivity index (χ3n) is 6.23. The summed E-state index contributed by atoms with van der Waals surface area (Å²) in [4.78, 5) is 18.7. The zero-order valence-corrected chi connectivity index (χ0v) is 18.7. The number of carboxylic acid groups (broad SMARTS) is 1. The minimum atomic E-state index is -5.08. The molecule has 3 heterocycles. The Morgan fingerprint density at radius 2 is 1.74 bits per heavy atom. The smallest absolute Gasteiger partial charge is 0.475 e. The molecule has 1 atom stereocenters. The molecule has 7 nitrogen and oxygen atoms in total.